The lowest BCUT2D eigenvalue weighted by Gasteiger charge is -2.27. The summed E-state index contributed by atoms with van der Waals surface area (Å²) in [5, 5.41) is 4.16. The quantitative estimate of drug-likeness (QED) is 0.860. The molecule has 2 unspecified atom stereocenters. The van der Waals surface area contributed by atoms with Crippen molar-refractivity contribution in [1.82, 2.24) is 24.7 Å². The highest BCUT2D eigenvalue weighted by Gasteiger charge is 2.24. The van der Waals surface area contributed by atoms with Crippen LogP contribution in [0.25, 0.3) is 5.95 Å². The molecule has 3 rings (SSSR count). The minimum atomic E-state index is 0.0349. The van der Waals surface area contributed by atoms with Crippen molar-refractivity contribution in [2.75, 3.05) is 7.11 Å². The molecule has 1 aliphatic carbocycles. The highest BCUT2D eigenvalue weighted by molar-refractivity contribution is 6.28. The van der Waals surface area contributed by atoms with E-state index in [1.807, 2.05) is 0 Å². The van der Waals surface area contributed by atoms with Gasteiger partial charge in [0.05, 0.1) is 6.10 Å². The molecule has 1 fully saturated rings. The zero-order valence-corrected chi connectivity index (χ0v) is 12.4. The van der Waals surface area contributed by atoms with Crippen molar-refractivity contribution in [3.63, 3.8) is 0 Å². The van der Waals surface area contributed by atoms with Crippen molar-refractivity contribution < 1.29 is 9.47 Å². The van der Waals surface area contributed by atoms with Crippen molar-refractivity contribution in [3.05, 3.63) is 23.7 Å². The summed E-state index contributed by atoms with van der Waals surface area (Å²) >= 11 is 5.93. The van der Waals surface area contributed by atoms with Crippen LogP contribution in [0.3, 0.4) is 0 Å². The molecule has 8 heteroatoms. The zero-order valence-electron chi connectivity index (χ0n) is 11.6. The lowest BCUT2D eigenvalue weighted by atomic mass is 9.95. The van der Waals surface area contributed by atoms with Crippen LogP contribution in [0.1, 0.15) is 25.7 Å². The van der Waals surface area contributed by atoms with Gasteiger partial charge < -0.3 is 9.47 Å². The first-order valence-electron chi connectivity index (χ1n) is 6.85. The van der Waals surface area contributed by atoms with Crippen LogP contribution in [0, 0.1) is 0 Å². The maximum absolute atomic E-state index is 5.93. The highest BCUT2D eigenvalue weighted by atomic mass is 35.5. The fourth-order valence-corrected chi connectivity index (χ4v) is 2.58. The van der Waals surface area contributed by atoms with Gasteiger partial charge in [0, 0.05) is 25.9 Å². The van der Waals surface area contributed by atoms with Gasteiger partial charge in [-0.15, -0.1) is 0 Å². The van der Waals surface area contributed by atoms with E-state index in [-0.39, 0.29) is 23.5 Å². The second-order valence-electron chi connectivity index (χ2n) is 4.90. The van der Waals surface area contributed by atoms with Crippen molar-refractivity contribution in [1.29, 1.82) is 0 Å². The number of halogens is 1. The third kappa shape index (κ3) is 3.48. The summed E-state index contributed by atoms with van der Waals surface area (Å²) in [5.74, 6) is 0.342. The number of nitrogens with zero attached hydrogens (tertiary/aromatic N) is 5. The Labute approximate surface area is 127 Å². The summed E-state index contributed by atoms with van der Waals surface area (Å²) in [6.45, 7) is 0. The van der Waals surface area contributed by atoms with Gasteiger partial charge in [-0.05, 0) is 36.9 Å². The van der Waals surface area contributed by atoms with Crippen LogP contribution >= 0.6 is 11.6 Å². The van der Waals surface area contributed by atoms with Gasteiger partial charge in [-0.25, -0.2) is 4.68 Å². The van der Waals surface area contributed by atoms with Crippen LogP contribution in [0.4, 0.5) is 0 Å². The summed E-state index contributed by atoms with van der Waals surface area (Å²) in [6, 6.07) is 2.00. The molecule has 0 aliphatic heterocycles. The summed E-state index contributed by atoms with van der Waals surface area (Å²) in [4.78, 5) is 12.3. The Morgan fingerprint density at radius 2 is 2.10 bits per heavy atom. The van der Waals surface area contributed by atoms with Gasteiger partial charge in [-0.2, -0.15) is 20.1 Å². The predicted octanol–water partition coefficient (Wildman–Crippen LogP) is 2.05. The molecular weight excluding hydrogens is 294 g/mol. The Kier molecular flexibility index (Phi) is 4.31. The van der Waals surface area contributed by atoms with Gasteiger partial charge in [-0.3, -0.25) is 0 Å². The minimum Gasteiger partial charge on any atom is -0.460 e. The number of hydrogen-bond donors (Lipinski definition) is 0. The predicted molar refractivity (Wildman–Crippen MR) is 75.6 cm³/mol. The SMILES string of the molecule is COC1CCCC(Oc2nc(Cl)nc(-n3cccn3)n2)C1. The van der Waals surface area contributed by atoms with E-state index in [0.717, 1.165) is 25.7 Å². The van der Waals surface area contributed by atoms with Gasteiger partial charge in [0.1, 0.15) is 6.10 Å². The molecule has 112 valence electrons. The minimum absolute atomic E-state index is 0.0349. The topological polar surface area (TPSA) is 75.0 Å². The first kappa shape index (κ1) is 14.2. The smallest absolute Gasteiger partial charge is 0.322 e. The van der Waals surface area contributed by atoms with E-state index >= 15 is 0 Å². The van der Waals surface area contributed by atoms with Crippen LogP contribution in [-0.4, -0.2) is 44.1 Å². The second-order valence-corrected chi connectivity index (χ2v) is 5.24. The summed E-state index contributed by atoms with van der Waals surface area (Å²) in [7, 11) is 1.72. The van der Waals surface area contributed by atoms with Crippen LogP contribution in [0.15, 0.2) is 18.5 Å². The lowest BCUT2D eigenvalue weighted by Crippen LogP contribution is -2.30. The van der Waals surface area contributed by atoms with Gasteiger partial charge in [-0.1, -0.05) is 0 Å². The monoisotopic (exact) mass is 309 g/mol. The molecule has 2 aromatic rings. The third-order valence-corrected chi connectivity index (χ3v) is 3.64. The Morgan fingerprint density at radius 3 is 2.86 bits per heavy atom. The van der Waals surface area contributed by atoms with E-state index in [2.05, 4.69) is 20.1 Å². The van der Waals surface area contributed by atoms with Gasteiger partial charge in [0.2, 0.25) is 5.28 Å². The van der Waals surface area contributed by atoms with Crippen LogP contribution in [0.2, 0.25) is 5.28 Å². The molecule has 1 aliphatic rings. The summed E-state index contributed by atoms with van der Waals surface area (Å²) < 4.78 is 12.7. The Hall–Kier alpha value is -1.73. The van der Waals surface area contributed by atoms with Crippen molar-refractivity contribution in [2.24, 2.45) is 0 Å². The Morgan fingerprint density at radius 1 is 1.24 bits per heavy atom. The largest absolute Gasteiger partial charge is 0.460 e. The standard InChI is InChI=1S/C13H16ClN5O2/c1-20-9-4-2-5-10(8-9)21-13-17-11(14)16-12(18-13)19-7-3-6-15-19/h3,6-7,9-10H,2,4-5,8H2,1H3. The molecule has 21 heavy (non-hydrogen) atoms. The average molecular weight is 310 g/mol. The fourth-order valence-electron chi connectivity index (χ4n) is 2.44. The van der Waals surface area contributed by atoms with Gasteiger partial charge in [0.15, 0.2) is 0 Å². The molecule has 7 nitrogen and oxygen atoms in total. The molecule has 0 amide bonds. The summed E-state index contributed by atoms with van der Waals surface area (Å²) in [5.41, 5.74) is 0. The van der Waals surface area contributed by atoms with Gasteiger partial charge >= 0.3 is 6.01 Å². The molecule has 0 saturated heterocycles. The second kappa shape index (κ2) is 6.36. The maximum Gasteiger partial charge on any atom is 0.322 e. The van der Waals surface area contributed by atoms with E-state index in [1.54, 1.807) is 25.6 Å². The number of methoxy groups -OCH3 is 1. The number of ether oxygens (including phenoxy) is 2. The molecular formula is C13H16ClN5O2. The van der Waals surface area contributed by atoms with E-state index < -0.39 is 0 Å². The maximum atomic E-state index is 5.93. The van der Waals surface area contributed by atoms with E-state index in [4.69, 9.17) is 21.1 Å². The Balaban J connectivity index is 1.76. The first-order valence-corrected chi connectivity index (χ1v) is 7.23. The molecule has 0 aromatic carbocycles. The van der Waals surface area contributed by atoms with Crippen molar-refractivity contribution in [3.8, 4) is 12.0 Å². The molecule has 1 saturated carbocycles. The molecule has 0 N–H and O–H groups in total. The lowest BCUT2D eigenvalue weighted by molar-refractivity contribution is 0.0178. The normalized spacial score (nSPS) is 22.2. The number of hydrogen-bond acceptors (Lipinski definition) is 6. The molecule has 0 bridgehead atoms. The third-order valence-electron chi connectivity index (χ3n) is 3.47. The highest BCUT2D eigenvalue weighted by Crippen LogP contribution is 2.24. The van der Waals surface area contributed by atoms with Crippen LogP contribution in [-0.2, 0) is 4.74 Å². The average Bonchev–Trinajstić information content (AvgIpc) is 3.01. The summed E-state index contributed by atoms with van der Waals surface area (Å²) in [6.07, 6.45) is 7.55. The van der Waals surface area contributed by atoms with E-state index in [0.29, 0.717) is 5.95 Å². The molecule has 0 radical (unpaired) electrons. The molecule has 0 spiro atoms. The number of rotatable bonds is 4. The van der Waals surface area contributed by atoms with Crippen molar-refractivity contribution in [2.45, 2.75) is 37.9 Å². The Bertz CT molecular complexity index is 592. The zero-order chi connectivity index (χ0) is 14.7. The fraction of sp³-hybridized carbons (Fsp3) is 0.538. The molecule has 2 heterocycles. The molecule has 2 aromatic heterocycles. The van der Waals surface area contributed by atoms with Gasteiger partial charge in [0.25, 0.3) is 5.95 Å². The van der Waals surface area contributed by atoms with E-state index in [1.165, 1.54) is 4.68 Å². The van der Waals surface area contributed by atoms with E-state index in [9.17, 15) is 0 Å². The van der Waals surface area contributed by atoms with Crippen molar-refractivity contribution >= 4 is 11.6 Å². The first-order chi connectivity index (χ1) is 10.2. The van der Waals surface area contributed by atoms with Crippen LogP contribution < -0.4 is 4.74 Å². The number of aromatic nitrogens is 5. The van der Waals surface area contributed by atoms with Crippen LogP contribution in [0.5, 0.6) is 6.01 Å². The molecule has 2 atom stereocenters.